The Labute approximate surface area is 227 Å². The monoisotopic (exact) mass is 531 g/mol. The zero-order valence-corrected chi connectivity index (χ0v) is 22.5. The first-order chi connectivity index (χ1) is 18.6. The number of pyridine rings is 1. The van der Waals surface area contributed by atoms with Gasteiger partial charge in [-0.1, -0.05) is 55.3 Å². The van der Waals surface area contributed by atoms with Gasteiger partial charge in [-0.25, -0.2) is 4.98 Å². The first-order valence-corrected chi connectivity index (χ1v) is 14.2. The minimum atomic E-state index is -0.350. The van der Waals surface area contributed by atoms with E-state index in [4.69, 9.17) is 4.74 Å². The Bertz CT molecular complexity index is 1340. The number of benzene rings is 2. The molecule has 1 N–H and O–H groups in total. The molecule has 9 heteroatoms. The van der Waals surface area contributed by atoms with Gasteiger partial charge in [-0.3, -0.25) is 20.0 Å². The molecule has 1 fully saturated rings. The molecule has 2 aromatic heterocycles. The standard InChI is InChI=1S/C29H33N5O3S/c1-21-27(20-38-29-31-25-9-5-6-10-26(25)32-29)30-16-15-28(21)37-18-17-33(23-7-3-2-4-8-23)19-22-11-13-24(14-12-22)34(35)36/h5-6,9-16,23H,2-4,7-8,17-20H2,1H3,(H,31,32). The van der Waals surface area contributed by atoms with Gasteiger partial charge in [-0.2, -0.15) is 0 Å². The summed E-state index contributed by atoms with van der Waals surface area (Å²) < 4.78 is 6.28. The first-order valence-electron chi connectivity index (χ1n) is 13.2. The number of non-ortho nitro benzene ring substituents is 1. The summed E-state index contributed by atoms with van der Waals surface area (Å²) in [5, 5.41) is 11.9. The molecule has 4 aromatic rings. The number of aromatic nitrogens is 3. The summed E-state index contributed by atoms with van der Waals surface area (Å²) in [5.41, 5.74) is 5.26. The first kappa shape index (κ1) is 26.2. The maximum atomic E-state index is 11.0. The highest BCUT2D eigenvalue weighted by Gasteiger charge is 2.22. The maximum Gasteiger partial charge on any atom is 0.269 e. The van der Waals surface area contributed by atoms with Crippen molar-refractivity contribution in [1.29, 1.82) is 0 Å². The number of aromatic amines is 1. The number of hydrogen-bond acceptors (Lipinski definition) is 7. The molecule has 1 aliphatic rings. The number of nitrogens with one attached hydrogen (secondary N) is 1. The lowest BCUT2D eigenvalue weighted by Gasteiger charge is -2.34. The highest BCUT2D eigenvalue weighted by Crippen LogP contribution is 2.28. The van der Waals surface area contributed by atoms with Gasteiger partial charge in [0.15, 0.2) is 5.16 Å². The molecule has 38 heavy (non-hydrogen) atoms. The number of H-pyrrole nitrogens is 1. The lowest BCUT2D eigenvalue weighted by Crippen LogP contribution is -2.39. The molecule has 0 spiro atoms. The molecule has 5 rings (SSSR count). The van der Waals surface area contributed by atoms with Crippen LogP contribution in [0.5, 0.6) is 5.75 Å². The Morgan fingerprint density at radius 1 is 1.11 bits per heavy atom. The van der Waals surface area contributed by atoms with E-state index in [0.29, 0.717) is 18.4 Å². The van der Waals surface area contributed by atoms with Crippen LogP contribution in [-0.4, -0.2) is 44.0 Å². The minimum Gasteiger partial charge on any atom is -0.492 e. The van der Waals surface area contributed by atoms with Crippen molar-refractivity contribution in [1.82, 2.24) is 19.9 Å². The molecule has 0 atom stereocenters. The zero-order chi connectivity index (χ0) is 26.3. The number of para-hydroxylation sites is 2. The fraction of sp³-hybridized carbons (Fsp3) is 0.379. The van der Waals surface area contributed by atoms with E-state index in [1.165, 1.54) is 32.1 Å². The Balaban J connectivity index is 1.20. The fourth-order valence-electron chi connectivity index (χ4n) is 5.06. The van der Waals surface area contributed by atoms with E-state index in [1.807, 2.05) is 48.7 Å². The summed E-state index contributed by atoms with van der Waals surface area (Å²) in [7, 11) is 0. The van der Waals surface area contributed by atoms with Crippen LogP contribution in [0.25, 0.3) is 11.0 Å². The van der Waals surface area contributed by atoms with Gasteiger partial charge in [0.2, 0.25) is 0 Å². The van der Waals surface area contributed by atoms with Crippen LogP contribution in [0.4, 0.5) is 5.69 Å². The summed E-state index contributed by atoms with van der Waals surface area (Å²) in [4.78, 5) is 25.8. The van der Waals surface area contributed by atoms with E-state index in [1.54, 1.807) is 23.9 Å². The molecule has 0 unspecified atom stereocenters. The van der Waals surface area contributed by atoms with Crippen molar-refractivity contribution >= 4 is 28.5 Å². The maximum absolute atomic E-state index is 11.0. The lowest BCUT2D eigenvalue weighted by molar-refractivity contribution is -0.384. The topological polar surface area (TPSA) is 97.2 Å². The van der Waals surface area contributed by atoms with E-state index in [9.17, 15) is 10.1 Å². The number of nitro groups is 1. The highest BCUT2D eigenvalue weighted by molar-refractivity contribution is 7.98. The normalized spacial score (nSPS) is 14.3. The minimum absolute atomic E-state index is 0.128. The molecule has 2 heterocycles. The van der Waals surface area contributed by atoms with Crippen molar-refractivity contribution in [2.24, 2.45) is 0 Å². The number of imidazole rings is 1. The second kappa shape index (κ2) is 12.4. The molecular weight excluding hydrogens is 498 g/mol. The van der Waals surface area contributed by atoms with Gasteiger partial charge in [0, 0.05) is 48.8 Å². The molecule has 1 saturated carbocycles. The van der Waals surface area contributed by atoms with E-state index in [-0.39, 0.29) is 10.6 Å². The highest BCUT2D eigenvalue weighted by atomic mass is 32.2. The Morgan fingerprint density at radius 2 is 1.89 bits per heavy atom. The third-order valence-corrected chi connectivity index (χ3v) is 8.12. The summed E-state index contributed by atoms with van der Waals surface area (Å²) in [6.07, 6.45) is 7.97. The second-order valence-electron chi connectivity index (χ2n) is 9.76. The van der Waals surface area contributed by atoms with Crippen LogP contribution in [0.15, 0.2) is 66.0 Å². The van der Waals surface area contributed by atoms with Crippen molar-refractivity contribution in [3.05, 3.63) is 87.7 Å². The summed E-state index contributed by atoms with van der Waals surface area (Å²) in [6.45, 7) is 4.20. The Morgan fingerprint density at radius 3 is 2.66 bits per heavy atom. The third kappa shape index (κ3) is 6.52. The van der Waals surface area contributed by atoms with Crippen LogP contribution in [-0.2, 0) is 12.3 Å². The lowest BCUT2D eigenvalue weighted by atomic mass is 9.94. The van der Waals surface area contributed by atoms with Gasteiger partial charge < -0.3 is 9.72 Å². The predicted molar refractivity (Wildman–Crippen MR) is 151 cm³/mol. The van der Waals surface area contributed by atoms with Crippen LogP contribution >= 0.6 is 11.8 Å². The quantitative estimate of drug-likeness (QED) is 0.131. The molecule has 2 aromatic carbocycles. The number of rotatable bonds is 11. The van der Waals surface area contributed by atoms with E-state index < -0.39 is 0 Å². The fourth-order valence-corrected chi connectivity index (χ4v) is 5.97. The van der Waals surface area contributed by atoms with Gasteiger partial charge in [0.25, 0.3) is 5.69 Å². The van der Waals surface area contributed by atoms with Gasteiger partial charge in [-0.05, 0) is 43.5 Å². The second-order valence-corrected chi connectivity index (χ2v) is 10.7. The number of hydrogen-bond donors (Lipinski definition) is 1. The molecule has 1 aliphatic carbocycles. The average Bonchev–Trinajstić information content (AvgIpc) is 3.36. The number of ether oxygens (including phenoxy) is 1. The third-order valence-electron chi connectivity index (χ3n) is 7.23. The van der Waals surface area contributed by atoms with Crippen LogP contribution in [0, 0.1) is 17.0 Å². The molecule has 0 bridgehead atoms. The predicted octanol–water partition coefficient (Wildman–Crippen LogP) is 6.68. The van der Waals surface area contributed by atoms with Crippen LogP contribution in [0.3, 0.4) is 0 Å². The smallest absolute Gasteiger partial charge is 0.269 e. The largest absolute Gasteiger partial charge is 0.492 e. The van der Waals surface area contributed by atoms with E-state index in [2.05, 4.69) is 26.8 Å². The van der Waals surface area contributed by atoms with Gasteiger partial charge in [0.05, 0.1) is 21.7 Å². The zero-order valence-electron chi connectivity index (χ0n) is 21.6. The SMILES string of the molecule is Cc1c(OCCN(Cc2ccc([N+](=O)[O-])cc2)C2CCCCC2)ccnc1CSc1nc2ccccc2[nH]1. The number of thioether (sulfide) groups is 1. The van der Waals surface area contributed by atoms with Crippen LogP contribution in [0.2, 0.25) is 0 Å². The molecular formula is C29H33N5O3S. The molecule has 8 nitrogen and oxygen atoms in total. The number of nitrogens with zero attached hydrogens (tertiary/aromatic N) is 4. The van der Waals surface area contributed by atoms with Crippen molar-refractivity contribution < 1.29 is 9.66 Å². The van der Waals surface area contributed by atoms with E-state index in [0.717, 1.165) is 51.8 Å². The van der Waals surface area contributed by atoms with E-state index >= 15 is 0 Å². The van der Waals surface area contributed by atoms with Crippen LogP contribution < -0.4 is 4.74 Å². The number of nitro benzene ring substituents is 1. The molecule has 198 valence electrons. The van der Waals surface area contributed by atoms with Crippen LogP contribution in [0.1, 0.15) is 48.9 Å². The van der Waals surface area contributed by atoms with Gasteiger partial charge in [-0.15, -0.1) is 0 Å². The van der Waals surface area contributed by atoms with Gasteiger partial charge in [0.1, 0.15) is 12.4 Å². The number of fused-ring (bicyclic) bond motifs is 1. The van der Waals surface area contributed by atoms with Crippen molar-refractivity contribution in [2.75, 3.05) is 13.2 Å². The van der Waals surface area contributed by atoms with Gasteiger partial charge >= 0.3 is 0 Å². The Hall–Kier alpha value is -3.43. The summed E-state index contributed by atoms with van der Waals surface area (Å²) >= 11 is 1.64. The molecule has 0 amide bonds. The van der Waals surface area contributed by atoms with Crippen molar-refractivity contribution in [3.63, 3.8) is 0 Å². The Kier molecular flexibility index (Phi) is 8.55. The average molecular weight is 532 g/mol. The molecule has 0 radical (unpaired) electrons. The van der Waals surface area contributed by atoms with Crippen molar-refractivity contribution in [3.8, 4) is 5.75 Å². The molecule has 0 aliphatic heterocycles. The molecule has 0 saturated heterocycles. The van der Waals surface area contributed by atoms with Crippen molar-refractivity contribution in [2.45, 2.75) is 62.5 Å². The summed E-state index contributed by atoms with van der Waals surface area (Å²) in [6, 6.07) is 17.4. The summed E-state index contributed by atoms with van der Waals surface area (Å²) in [5.74, 6) is 1.57.